The van der Waals surface area contributed by atoms with Crippen molar-refractivity contribution < 1.29 is 9.15 Å². The van der Waals surface area contributed by atoms with Crippen molar-refractivity contribution in [1.82, 2.24) is 15.5 Å². The molecule has 6 heteroatoms. The lowest BCUT2D eigenvalue weighted by Gasteiger charge is -2.06. The lowest BCUT2D eigenvalue weighted by molar-refractivity contribution is 0.109. The topological polar surface area (TPSA) is 72.2 Å². The molecule has 1 aromatic heterocycles. The lowest BCUT2D eigenvalue weighted by Crippen LogP contribution is -2.11. The first-order chi connectivity index (χ1) is 8.72. The van der Waals surface area contributed by atoms with Gasteiger partial charge in [-0.25, -0.2) is 0 Å². The van der Waals surface area contributed by atoms with Crippen LogP contribution in [0.5, 0.6) is 0 Å². The van der Waals surface area contributed by atoms with Crippen molar-refractivity contribution in [2.24, 2.45) is 5.92 Å². The Balaban J connectivity index is 2.06. The third kappa shape index (κ3) is 6.56. The van der Waals surface area contributed by atoms with Crippen molar-refractivity contribution >= 4 is 6.01 Å². The second kappa shape index (κ2) is 8.88. The van der Waals surface area contributed by atoms with Gasteiger partial charge in [0.05, 0.1) is 6.54 Å². The van der Waals surface area contributed by atoms with Crippen LogP contribution in [0.2, 0.25) is 0 Å². The maximum absolute atomic E-state index is 5.47. The maximum Gasteiger partial charge on any atom is 0.315 e. The van der Waals surface area contributed by atoms with Gasteiger partial charge in [-0.1, -0.05) is 25.9 Å². The smallest absolute Gasteiger partial charge is 0.315 e. The van der Waals surface area contributed by atoms with Gasteiger partial charge in [0.25, 0.3) is 0 Å². The highest BCUT2D eigenvalue weighted by atomic mass is 16.5. The molecule has 0 saturated heterocycles. The molecular formula is C12H24N4O2. The molecule has 0 aliphatic carbocycles. The van der Waals surface area contributed by atoms with Crippen LogP contribution in [0.25, 0.3) is 0 Å². The molecule has 0 unspecified atom stereocenters. The Morgan fingerprint density at radius 3 is 2.89 bits per heavy atom. The number of hydrogen-bond acceptors (Lipinski definition) is 6. The monoisotopic (exact) mass is 256 g/mol. The van der Waals surface area contributed by atoms with Gasteiger partial charge in [0.15, 0.2) is 0 Å². The van der Waals surface area contributed by atoms with Crippen molar-refractivity contribution in [3.8, 4) is 0 Å². The van der Waals surface area contributed by atoms with Crippen LogP contribution in [-0.4, -0.2) is 36.5 Å². The molecule has 0 aliphatic rings. The predicted molar refractivity (Wildman–Crippen MR) is 70.4 cm³/mol. The fourth-order valence-corrected chi connectivity index (χ4v) is 1.32. The summed E-state index contributed by atoms with van der Waals surface area (Å²) in [6, 6.07) is 0.478. The molecule has 0 aliphatic heterocycles. The van der Waals surface area contributed by atoms with Gasteiger partial charge >= 0.3 is 6.01 Å². The molecule has 18 heavy (non-hydrogen) atoms. The highest BCUT2D eigenvalue weighted by Crippen LogP contribution is 2.04. The summed E-state index contributed by atoms with van der Waals surface area (Å²) in [5, 5.41) is 14.0. The van der Waals surface area contributed by atoms with E-state index < -0.39 is 0 Å². The minimum atomic E-state index is 0.478. The minimum absolute atomic E-state index is 0.478. The fraction of sp³-hybridized carbons (Fsp3) is 0.833. The number of hydrogen-bond donors (Lipinski definition) is 2. The van der Waals surface area contributed by atoms with Crippen LogP contribution >= 0.6 is 0 Å². The van der Waals surface area contributed by atoms with Gasteiger partial charge in [0, 0.05) is 19.8 Å². The molecule has 0 amide bonds. The molecule has 0 saturated carbocycles. The molecular weight excluding hydrogens is 232 g/mol. The third-order valence-corrected chi connectivity index (χ3v) is 2.19. The molecule has 6 nitrogen and oxygen atoms in total. The largest absolute Gasteiger partial charge is 0.407 e. The fourth-order valence-electron chi connectivity index (χ4n) is 1.32. The summed E-state index contributed by atoms with van der Waals surface area (Å²) in [6.45, 7) is 10.2. The Labute approximate surface area is 108 Å². The van der Waals surface area contributed by atoms with Gasteiger partial charge in [-0.2, -0.15) is 0 Å². The van der Waals surface area contributed by atoms with Crippen LogP contribution in [0.15, 0.2) is 4.42 Å². The Morgan fingerprint density at radius 2 is 2.17 bits per heavy atom. The maximum atomic E-state index is 5.47. The minimum Gasteiger partial charge on any atom is -0.407 e. The first-order valence-electron chi connectivity index (χ1n) is 6.57. The van der Waals surface area contributed by atoms with Crippen LogP contribution in [-0.2, 0) is 11.3 Å². The lowest BCUT2D eigenvalue weighted by atomic mass is 10.2. The van der Waals surface area contributed by atoms with E-state index in [1.54, 1.807) is 0 Å². The number of nitrogens with zero attached hydrogens (tertiary/aromatic N) is 2. The van der Waals surface area contributed by atoms with Gasteiger partial charge in [0.1, 0.15) is 0 Å². The molecule has 104 valence electrons. The summed E-state index contributed by atoms with van der Waals surface area (Å²) in [4.78, 5) is 0. The molecule has 0 fully saturated rings. The summed E-state index contributed by atoms with van der Waals surface area (Å²) >= 11 is 0. The number of rotatable bonds is 10. The number of nitrogens with one attached hydrogen (secondary N) is 2. The average Bonchev–Trinajstić information content (AvgIpc) is 2.78. The molecule has 0 atom stereocenters. The normalized spacial score (nSPS) is 11.1. The van der Waals surface area contributed by atoms with Crippen LogP contribution in [0, 0.1) is 5.92 Å². The Bertz CT molecular complexity index is 315. The summed E-state index contributed by atoms with van der Waals surface area (Å²) in [7, 11) is 0. The van der Waals surface area contributed by atoms with E-state index >= 15 is 0 Å². The van der Waals surface area contributed by atoms with Gasteiger partial charge < -0.3 is 19.8 Å². The summed E-state index contributed by atoms with van der Waals surface area (Å²) in [5.74, 6) is 1.19. The van der Waals surface area contributed by atoms with E-state index in [1.807, 2.05) is 6.92 Å². The van der Waals surface area contributed by atoms with Crippen molar-refractivity contribution in [3.63, 3.8) is 0 Å². The molecule has 1 heterocycles. The molecule has 2 N–H and O–H groups in total. The van der Waals surface area contributed by atoms with Gasteiger partial charge in [0.2, 0.25) is 5.89 Å². The van der Waals surface area contributed by atoms with Crippen molar-refractivity contribution in [1.29, 1.82) is 0 Å². The van der Waals surface area contributed by atoms with Crippen LogP contribution < -0.4 is 10.6 Å². The Kier molecular flexibility index (Phi) is 7.36. The summed E-state index contributed by atoms with van der Waals surface area (Å²) in [6.07, 6.45) is 0.928. The second-order valence-electron chi connectivity index (χ2n) is 4.53. The van der Waals surface area contributed by atoms with E-state index in [2.05, 4.69) is 34.7 Å². The highest BCUT2D eigenvalue weighted by molar-refractivity contribution is 5.16. The van der Waals surface area contributed by atoms with Crippen molar-refractivity contribution in [2.45, 2.75) is 33.7 Å². The number of ether oxygens (including phenoxy) is 1. The molecule has 0 spiro atoms. The van der Waals surface area contributed by atoms with E-state index in [0.29, 0.717) is 24.4 Å². The van der Waals surface area contributed by atoms with Crippen LogP contribution in [0.4, 0.5) is 6.01 Å². The molecule has 0 radical (unpaired) electrons. The predicted octanol–water partition coefficient (Wildman–Crippen LogP) is 1.65. The van der Waals surface area contributed by atoms with E-state index in [1.165, 1.54) is 0 Å². The standard InChI is InChI=1S/C12H24N4O2/c1-4-13-8-11-15-16-12(18-11)14-6-5-7-17-9-10(2)3/h10,13H,4-9H2,1-3H3,(H,14,16). The SMILES string of the molecule is CCNCc1nnc(NCCCOCC(C)C)o1. The molecule has 0 bridgehead atoms. The average molecular weight is 256 g/mol. The van der Waals surface area contributed by atoms with Crippen molar-refractivity contribution in [2.75, 3.05) is 31.6 Å². The third-order valence-electron chi connectivity index (χ3n) is 2.19. The zero-order valence-electron chi connectivity index (χ0n) is 11.5. The Morgan fingerprint density at radius 1 is 1.33 bits per heavy atom. The van der Waals surface area contributed by atoms with Gasteiger partial charge in [-0.3, -0.25) is 0 Å². The van der Waals surface area contributed by atoms with Crippen LogP contribution in [0.3, 0.4) is 0 Å². The molecule has 1 aromatic rings. The number of aromatic nitrogens is 2. The first kappa shape index (κ1) is 14.9. The molecule has 0 aromatic carbocycles. The summed E-state index contributed by atoms with van der Waals surface area (Å²) < 4.78 is 10.9. The van der Waals surface area contributed by atoms with Gasteiger partial charge in [-0.15, -0.1) is 5.10 Å². The summed E-state index contributed by atoms with van der Waals surface area (Å²) in [5.41, 5.74) is 0. The second-order valence-corrected chi connectivity index (χ2v) is 4.53. The first-order valence-corrected chi connectivity index (χ1v) is 6.57. The van der Waals surface area contributed by atoms with Gasteiger partial charge in [-0.05, 0) is 18.9 Å². The zero-order chi connectivity index (χ0) is 13.2. The van der Waals surface area contributed by atoms with E-state index in [4.69, 9.17) is 9.15 Å². The zero-order valence-corrected chi connectivity index (χ0v) is 11.5. The van der Waals surface area contributed by atoms with Crippen molar-refractivity contribution in [3.05, 3.63) is 5.89 Å². The van der Waals surface area contributed by atoms with E-state index in [-0.39, 0.29) is 0 Å². The highest BCUT2D eigenvalue weighted by Gasteiger charge is 2.03. The van der Waals surface area contributed by atoms with Crippen LogP contribution in [0.1, 0.15) is 33.1 Å². The van der Waals surface area contributed by atoms with E-state index in [0.717, 1.165) is 32.7 Å². The number of anilines is 1. The molecule has 1 rings (SSSR count). The van der Waals surface area contributed by atoms with E-state index in [9.17, 15) is 0 Å². The quantitative estimate of drug-likeness (QED) is 0.620. The Hall–Kier alpha value is -1.14.